The van der Waals surface area contributed by atoms with Crippen LogP contribution >= 0.6 is 0 Å². The van der Waals surface area contributed by atoms with E-state index in [1.54, 1.807) is 6.20 Å². The first-order valence-corrected chi connectivity index (χ1v) is 5.25. The Labute approximate surface area is 89.9 Å². The standard InChI is InChI=1S/C10H18N4O/c1-3-12-10(15)8-11-7-9-13-5-6-14(9)4-2/h5-6,11H,3-4,7-8H2,1-2H3,(H,12,15). The van der Waals surface area contributed by atoms with Gasteiger partial charge in [0.15, 0.2) is 0 Å². The van der Waals surface area contributed by atoms with E-state index in [4.69, 9.17) is 0 Å². The number of carbonyl (C=O) groups is 1. The molecule has 1 aromatic heterocycles. The molecule has 0 spiro atoms. The first-order valence-electron chi connectivity index (χ1n) is 5.25. The molecule has 0 aromatic carbocycles. The monoisotopic (exact) mass is 210 g/mol. The lowest BCUT2D eigenvalue weighted by molar-refractivity contribution is -0.120. The average Bonchev–Trinajstić information content (AvgIpc) is 2.66. The second-order valence-corrected chi connectivity index (χ2v) is 3.19. The fourth-order valence-corrected chi connectivity index (χ4v) is 1.34. The predicted molar refractivity (Wildman–Crippen MR) is 58.3 cm³/mol. The van der Waals surface area contributed by atoms with Crippen molar-refractivity contribution in [3.8, 4) is 0 Å². The van der Waals surface area contributed by atoms with Gasteiger partial charge in [-0.25, -0.2) is 4.98 Å². The number of likely N-dealkylation sites (N-methyl/N-ethyl adjacent to an activating group) is 1. The number of imidazole rings is 1. The minimum Gasteiger partial charge on any atom is -0.355 e. The van der Waals surface area contributed by atoms with Gasteiger partial charge in [0.1, 0.15) is 5.82 Å². The summed E-state index contributed by atoms with van der Waals surface area (Å²) in [5.41, 5.74) is 0. The van der Waals surface area contributed by atoms with E-state index in [0.29, 0.717) is 19.6 Å². The van der Waals surface area contributed by atoms with Crippen LogP contribution in [0.15, 0.2) is 12.4 Å². The Morgan fingerprint density at radius 1 is 1.53 bits per heavy atom. The Bertz CT molecular complexity index is 308. The molecular formula is C10H18N4O. The highest BCUT2D eigenvalue weighted by Crippen LogP contribution is 1.95. The maximum atomic E-state index is 11.1. The topological polar surface area (TPSA) is 59.0 Å². The largest absolute Gasteiger partial charge is 0.355 e. The van der Waals surface area contributed by atoms with Gasteiger partial charge in [-0.15, -0.1) is 0 Å². The molecule has 15 heavy (non-hydrogen) atoms. The van der Waals surface area contributed by atoms with Crippen molar-refractivity contribution >= 4 is 5.91 Å². The van der Waals surface area contributed by atoms with Crippen LogP contribution < -0.4 is 10.6 Å². The van der Waals surface area contributed by atoms with Gasteiger partial charge in [0.05, 0.1) is 13.1 Å². The SMILES string of the molecule is CCNC(=O)CNCc1nccn1CC. The zero-order chi connectivity index (χ0) is 11.1. The minimum atomic E-state index is 0.0205. The Kier molecular flexibility index (Phi) is 4.83. The molecular weight excluding hydrogens is 192 g/mol. The summed E-state index contributed by atoms with van der Waals surface area (Å²) in [7, 11) is 0. The summed E-state index contributed by atoms with van der Waals surface area (Å²) in [5.74, 6) is 0.980. The van der Waals surface area contributed by atoms with Gasteiger partial charge in [0.2, 0.25) is 5.91 Å². The Balaban J connectivity index is 2.28. The molecule has 0 aliphatic heterocycles. The first kappa shape index (κ1) is 11.7. The lowest BCUT2D eigenvalue weighted by Gasteiger charge is -2.06. The molecule has 0 saturated carbocycles. The zero-order valence-corrected chi connectivity index (χ0v) is 9.29. The fraction of sp³-hybridized carbons (Fsp3) is 0.600. The number of aromatic nitrogens is 2. The van der Waals surface area contributed by atoms with Crippen LogP contribution in [0, 0.1) is 0 Å². The molecule has 5 nitrogen and oxygen atoms in total. The molecule has 0 aliphatic rings. The molecule has 0 radical (unpaired) electrons. The molecule has 84 valence electrons. The first-order chi connectivity index (χ1) is 7.27. The van der Waals surface area contributed by atoms with Crippen LogP contribution in [0.25, 0.3) is 0 Å². The highest BCUT2D eigenvalue weighted by molar-refractivity contribution is 5.77. The highest BCUT2D eigenvalue weighted by Gasteiger charge is 2.02. The number of hydrogen-bond acceptors (Lipinski definition) is 3. The van der Waals surface area contributed by atoms with Crippen LogP contribution in [0.5, 0.6) is 0 Å². The Morgan fingerprint density at radius 2 is 2.33 bits per heavy atom. The van der Waals surface area contributed by atoms with Crippen LogP contribution in [0.1, 0.15) is 19.7 Å². The fourth-order valence-electron chi connectivity index (χ4n) is 1.34. The molecule has 1 rings (SSSR count). The number of nitrogens with one attached hydrogen (secondary N) is 2. The number of nitrogens with zero attached hydrogens (tertiary/aromatic N) is 2. The number of carbonyl (C=O) groups excluding carboxylic acids is 1. The van der Waals surface area contributed by atoms with Gasteiger partial charge in [-0.05, 0) is 13.8 Å². The van der Waals surface area contributed by atoms with Crippen molar-refractivity contribution < 1.29 is 4.79 Å². The van der Waals surface area contributed by atoms with E-state index in [0.717, 1.165) is 12.4 Å². The second kappa shape index (κ2) is 6.19. The van der Waals surface area contributed by atoms with Gasteiger partial charge in [-0.1, -0.05) is 0 Å². The third-order valence-electron chi connectivity index (χ3n) is 2.09. The molecule has 5 heteroatoms. The van der Waals surface area contributed by atoms with Crippen molar-refractivity contribution in [2.75, 3.05) is 13.1 Å². The van der Waals surface area contributed by atoms with Gasteiger partial charge in [0.25, 0.3) is 0 Å². The maximum absolute atomic E-state index is 11.1. The third-order valence-corrected chi connectivity index (χ3v) is 2.09. The van der Waals surface area contributed by atoms with E-state index in [1.165, 1.54) is 0 Å². The lowest BCUT2D eigenvalue weighted by atomic mass is 10.5. The quantitative estimate of drug-likeness (QED) is 0.701. The molecule has 0 fully saturated rings. The Morgan fingerprint density at radius 3 is 3.00 bits per heavy atom. The Hall–Kier alpha value is -1.36. The summed E-state index contributed by atoms with van der Waals surface area (Å²) in [4.78, 5) is 15.3. The molecule has 0 aliphatic carbocycles. The van der Waals surface area contributed by atoms with E-state index < -0.39 is 0 Å². The predicted octanol–water partition coefficient (Wildman–Crippen LogP) is 0.129. The van der Waals surface area contributed by atoms with Crippen molar-refractivity contribution in [1.29, 1.82) is 0 Å². The smallest absolute Gasteiger partial charge is 0.233 e. The van der Waals surface area contributed by atoms with E-state index in [-0.39, 0.29) is 5.91 Å². The summed E-state index contributed by atoms with van der Waals surface area (Å²) in [6.45, 7) is 6.50. The number of amides is 1. The van der Waals surface area contributed by atoms with E-state index in [1.807, 2.05) is 17.7 Å². The van der Waals surface area contributed by atoms with E-state index in [2.05, 4.69) is 22.5 Å². The minimum absolute atomic E-state index is 0.0205. The van der Waals surface area contributed by atoms with E-state index in [9.17, 15) is 4.79 Å². The molecule has 0 atom stereocenters. The van der Waals surface area contributed by atoms with Gasteiger partial charge in [0, 0.05) is 25.5 Å². The van der Waals surface area contributed by atoms with Crippen molar-refractivity contribution in [1.82, 2.24) is 20.2 Å². The summed E-state index contributed by atoms with van der Waals surface area (Å²) in [6, 6.07) is 0. The highest BCUT2D eigenvalue weighted by atomic mass is 16.1. The summed E-state index contributed by atoms with van der Waals surface area (Å²) in [6.07, 6.45) is 3.70. The maximum Gasteiger partial charge on any atom is 0.233 e. The van der Waals surface area contributed by atoms with Crippen LogP contribution in [0.2, 0.25) is 0 Å². The molecule has 1 amide bonds. The van der Waals surface area contributed by atoms with Crippen LogP contribution in [0.3, 0.4) is 0 Å². The van der Waals surface area contributed by atoms with E-state index >= 15 is 0 Å². The summed E-state index contributed by atoms with van der Waals surface area (Å²) < 4.78 is 2.05. The van der Waals surface area contributed by atoms with Crippen molar-refractivity contribution in [3.63, 3.8) is 0 Å². The summed E-state index contributed by atoms with van der Waals surface area (Å²) in [5, 5.41) is 5.78. The number of aryl methyl sites for hydroxylation is 1. The number of rotatable bonds is 6. The van der Waals surface area contributed by atoms with Crippen molar-refractivity contribution in [3.05, 3.63) is 18.2 Å². The zero-order valence-electron chi connectivity index (χ0n) is 9.29. The van der Waals surface area contributed by atoms with Gasteiger partial charge >= 0.3 is 0 Å². The molecule has 2 N–H and O–H groups in total. The molecule has 0 saturated heterocycles. The normalized spacial score (nSPS) is 10.3. The summed E-state index contributed by atoms with van der Waals surface area (Å²) >= 11 is 0. The van der Waals surface area contributed by atoms with Gasteiger partial charge in [-0.2, -0.15) is 0 Å². The van der Waals surface area contributed by atoms with Crippen LogP contribution in [-0.4, -0.2) is 28.5 Å². The molecule has 1 heterocycles. The van der Waals surface area contributed by atoms with Crippen LogP contribution in [-0.2, 0) is 17.9 Å². The van der Waals surface area contributed by atoms with Gasteiger partial charge in [-0.3, -0.25) is 4.79 Å². The van der Waals surface area contributed by atoms with Crippen LogP contribution in [0.4, 0.5) is 0 Å². The average molecular weight is 210 g/mol. The number of hydrogen-bond donors (Lipinski definition) is 2. The van der Waals surface area contributed by atoms with Gasteiger partial charge < -0.3 is 15.2 Å². The molecule has 1 aromatic rings. The van der Waals surface area contributed by atoms with Crippen molar-refractivity contribution in [2.24, 2.45) is 0 Å². The second-order valence-electron chi connectivity index (χ2n) is 3.19. The molecule has 0 bridgehead atoms. The third kappa shape index (κ3) is 3.71. The molecule has 0 unspecified atom stereocenters. The lowest BCUT2D eigenvalue weighted by Crippen LogP contribution is -2.33. The van der Waals surface area contributed by atoms with Crippen molar-refractivity contribution in [2.45, 2.75) is 26.9 Å².